The molecule has 0 fully saturated rings. The molecule has 1 heterocycles. The van der Waals surface area contributed by atoms with Gasteiger partial charge in [-0.15, -0.1) is 0 Å². The molecule has 23 heavy (non-hydrogen) atoms. The molecule has 0 unspecified atom stereocenters. The van der Waals surface area contributed by atoms with Crippen molar-refractivity contribution in [3.05, 3.63) is 59.2 Å². The van der Waals surface area contributed by atoms with Gasteiger partial charge in [-0.2, -0.15) is 0 Å². The second kappa shape index (κ2) is 9.60. The number of para-hydroxylation sites is 1. The average molecular weight is 336 g/mol. The number of aromatic carboxylic acids is 1. The van der Waals surface area contributed by atoms with E-state index in [1.54, 1.807) is 18.7 Å². The van der Waals surface area contributed by atoms with E-state index in [1.807, 2.05) is 24.3 Å². The molecule has 1 N–H and O–H groups in total. The minimum atomic E-state index is -0.912. The van der Waals surface area contributed by atoms with E-state index in [0.29, 0.717) is 17.7 Å². The maximum Gasteiger partial charge on any atom is 0.336 e. The quantitative estimate of drug-likeness (QED) is 0.547. The van der Waals surface area contributed by atoms with Crippen molar-refractivity contribution in [1.82, 2.24) is 0 Å². The zero-order valence-electron chi connectivity index (χ0n) is 13.8. The monoisotopic (exact) mass is 336 g/mol. The van der Waals surface area contributed by atoms with Crippen LogP contribution in [0.3, 0.4) is 0 Å². The van der Waals surface area contributed by atoms with E-state index in [2.05, 4.69) is 6.92 Å². The van der Waals surface area contributed by atoms with E-state index in [1.165, 1.54) is 19.3 Å². The molecule has 0 amide bonds. The Hall–Kier alpha value is -0.654. The van der Waals surface area contributed by atoms with Crippen LogP contribution in [-0.2, 0) is 6.42 Å². The van der Waals surface area contributed by atoms with E-state index in [4.69, 9.17) is 9.84 Å². The molecule has 0 saturated carbocycles. The summed E-state index contributed by atoms with van der Waals surface area (Å²) in [7, 11) is 0. The Kier molecular flexibility index (Phi) is 7.79. The first kappa shape index (κ1) is 18.7. The minimum absolute atomic E-state index is 0.317. The van der Waals surface area contributed by atoms with Crippen LogP contribution in [0.5, 0.6) is 11.5 Å². The van der Waals surface area contributed by atoms with E-state index < -0.39 is 5.97 Å². The molecular weight excluding hydrogens is 315 g/mol. The first-order valence-corrected chi connectivity index (χ1v) is 10.5. The smallest absolute Gasteiger partial charge is 0.336 e. The Morgan fingerprint density at radius 3 is 2.52 bits per heavy atom. The number of fused-ring (bicyclic) bond motifs is 2. The molecule has 0 atom stereocenters. The number of hydrogen-bond donors (Lipinski definition) is 1. The Morgan fingerprint density at radius 2 is 1.87 bits per heavy atom. The van der Waals surface area contributed by atoms with E-state index in [9.17, 15) is 4.79 Å². The first-order valence-electron chi connectivity index (χ1n) is 8.28. The molecule has 2 aromatic rings. The van der Waals surface area contributed by atoms with Crippen LogP contribution in [0.4, 0.5) is 0 Å². The maximum atomic E-state index is 11.1. The van der Waals surface area contributed by atoms with Crippen LogP contribution in [0.15, 0.2) is 42.5 Å². The second-order valence-electron chi connectivity index (χ2n) is 5.68. The van der Waals surface area contributed by atoms with Gasteiger partial charge in [0.25, 0.3) is 0 Å². The van der Waals surface area contributed by atoms with Crippen molar-refractivity contribution in [3.63, 3.8) is 0 Å². The fourth-order valence-electron chi connectivity index (χ4n) is 2.60. The van der Waals surface area contributed by atoms with Crippen LogP contribution < -0.4 is 4.74 Å². The standard InChI is InChI=1S/C14H10O3.C5H11.K/c15-14(16)10-5-3-7-13-11(10)8-9-4-1-2-6-12(9)17-13;1-3-5-4-2;/h1-7H,8H2,(H,15,16);1,3-5H2,2H3;. The van der Waals surface area contributed by atoms with Gasteiger partial charge in [0.1, 0.15) is 11.5 Å². The van der Waals surface area contributed by atoms with Crippen molar-refractivity contribution < 1.29 is 14.6 Å². The van der Waals surface area contributed by atoms with Gasteiger partial charge in [0, 0.05) is 12.0 Å². The van der Waals surface area contributed by atoms with Crippen molar-refractivity contribution in [2.45, 2.75) is 33.1 Å². The van der Waals surface area contributed by atoms with Crippen molar-refractivity contribution in [1.29, 1.82) is 0 Å². The van der Waals surface area contributed by atoms with Crippen molar-refractivity contribution in [2.75, 3.05) is 0 Å². The number of hydrogen-bond acceptors (Lipinski definition) is 2. The van der Waals surface area contributed by atoms with Crippen LogP contribution in [-0.4, -0.2) is 60.0 Å². The summed E-state index contributed by atoms with van der Waals surface area (Å²) in [5, 5.41) is 9.13. The average Bonchev–Trinajstić information content (AvgIpc) is 2.58. The van der Waals surface area contributed by atoms with Gasteiger partial charge >= 0.3 is 81.6 Å². The molecule has 2 aromatic carbocycles. The van der Waals surface area contributed by atoms with Crippen molar-refractivity contribution >= 4 is 54.9 Å². The minimum Gasteiger partial charge on any atom is -0.478 e. The molecular formula is C19H21KO3. The van der Waals surface area contributed by atoms with Crippen LogP contribution in [0.2, 0.25) is 0.515 Å². The van der Waals surface area contributed by atoms with Gasteiger partial charge < -0.3 is 9.84 Å². The summed E-state index contributed by atoms with van der Waals surface area (Å²) >= 11 is 1.11. The molecule has 1 aliphatic rings. The number of carboxylic acid groups (broad SMARTS) is 1. The number of rotatable bonds is 4. The van der Waals surface area contributed by atoms with Crippen molar-refractivity contribution in [3.8, 4) is 11.5 Å². The summed E-state index contributed by atoms with van der Waals surface area (Å²) in [5.41, 5.74) is 2.09. The van der Waals surface area contributed by atoms with E-state index in [-0.39, 0.29) is 0 Å². The molecule has 0 radical (unpaired) electrons. The van der Waals surface area contributed by atoms with E-state index in [0.717, 1.165) is 65.8 Å². The van der Waals surface area contributed by atoms with Gasteiger partial charge in [0.2, 0.25) is 0 Å². The molecule has 3 nitrogen and oxygen atoms in total. The zero-order valence-corrected chi connectivity index (χ0v) is 17.0. The van der Waals surface area contributed by atoms with Gasteiger partial charge in [0.15, 0.2) is 0 Å². The summed E-state index contributed by atoms with van der Waals surface area (Å²) in [6.45, 7) is 2.25. The first-order chi connectivity index (χ1) is 11.2. The van der Waals surface area contributed by atoms with Crippen LogP contribution in [0.1, 0.15) is 47.7 Å². The second-order valence-corrected chi connectivity index (χ2v) is 7.24. The summed E-state index contributed by atoms with van der Waals surface area (Å²) in [4.78, 5) is 11.1. The van der Waals surface area contributed by atoms with E-state index >= 15 is 0 Å². The molecule has 0 spiro atoms. The molecule has 0 bridgehead atoms. The summed E-state index contributed by atoms with van der Waals surface area (Å²) in [6, 6.07) is 12.8. The Labute approximate surface area is 171 Å². The zero-order chi connectivity index (χ0) is 16.7. The molecule has 0 aromatic heterocycles. The van der Waals surface area contributed by atoms with Crippen LogP contribution in [0, 0.1) is 0 Å². The normalized spacial score (nSPS) is 11.4. The van der Waals surface area contributed by atoms with Crippen molar-refractivity contribution in [2.24, 2.45) is 0 Å². The number of unbranched alkanes of at least 4 members (excludes halogenated alkanes) is 2. The number of carbonyl (C=O) groups is 1. The predicted molar refractivity (Wildman–Crippen MR) is 92.8 cm³/mol. The number of benzene rings is 2. The third-order valence-electron chi connectivity index (χ3n) is 3.88. The SMILES string of the molecule is CCCC[CH2][K].O=C(O)c1cccc2c1Cc1ccccc1O2. The van der Waals surface area contributed by atoms with Crippen LogP contribution in [0.25, 0.3) is 0 Å². The summed E-state index contributed by atoms with van der Waals surface area (Å²) < 4.78 is 7.25. The predicted octanol–water partition coefficient (Wildman–Crippen LogP) is 4.84. The third kappa shape index (κ3) is 5.16. The number of ether oxygens (including phenoxy) is 1. The molecule has 0 aliphatic carbocycles. The largest absolute Gasteiger partial charge is 0.478 e. The Bertz CT molecular complexity index is 663. The Balaban J connectivity index is 0.000000277. The fraction of sp³-hybridized carbons (Fsp3) is 0.316. The summed E-state index contributed by atoms with van der Waals surface area (Å²) in [5.74, 6) is 0.538. The molecule has 0 saturated heterocycles. The van der Waals surface area contributed by atoms with Gasteiger partial charge in [-0.05, 0) is 23.8 Å². The van der Waals surface area contributed by atoms with Crippen LogP contribution >= 0.6 is 0 Å². The van der Waals surface area contributed by atoms with Gasteiger partial charge in [0.05, 0.1) is 5.56 Å². The molecule has 116 valence electrons. The molecule has 4 heteroatoms. The summed E-state index contributed by atoms with van der Waals surface area (Å²) in [6.07, 6.45) is 4.95. The maximum absolute atomic E-state index is 11.1. The van der Waals surface area contributed by atoms with Gasteiger partial charge in [-0.3, -0.25) is 0 Å². The van der Waals surface area contributed by atoms with Gasteiger partial charge in [-0.1, -0.05) is 24.3 Å². The molecule has 1 aliphatic heterocycles. The van der Waals surface area contributed by atoms with Gasteiger partial charge in [-0.25, -0.2) is 4.79 Å². The third-order valence-corrected chi connectivity index (χ3v) is 4.98. The Morgan fingerprint density at radius 1 is 1.13 bits per heavy atom. The topological polar surface area (TPSA) is 46.5 Å². The fourth-order valence-corrected chi connectivity index (χ4v) is 3.38. The number of carboxylic acids is 1. The molecule has 3 rings (SSSR count).